The quantitative estimate of drug-likeness (QED) is 0.571. The number of piperidine rings is 1. The molecule has 3 heterocycles. The maximum atomic E-state index is 13.3. The predicted molar refractivity (Wildman–Crippen MR) is 132 cm³/mol. The molecule has 0 radical (unpaired) electrons. The van der Waals surface area contributed by atoms with Crippen LogP contribution in [-0.2, 0) is 16.1 Å². The number of nitrogens with one attached hydrogen (secondary N) is 1. The van der Waals surface area contributed by atoms with E-state index in [1.807, 2.05) is 42.2 Å². The molecule has 1 aromatic heterocycles. The summed E-state index contributed by atoms with van der Waals surface area (Å²) >= 11 is 3.47. The normalized spacial score (nSPS) is 19.1. The molecule has 0 aliphatic carbocycles. The molecule has 2 aromatic rings. The Morgan fingerprint density at radius 3 is 2.52 bits per heavy atom. The Balaban J connectivity index is 1.30. The van der Waals surface area contributed by atoms with Gasteiger partial charge in [0.2, 0.25) is 11.8 Å². The van der Waals surface area contributed by atoms with Crippen molar-refractivity contribution in [1.29, 1.82) is 0 Å². The molecule has 176 valence electrons. The number of nitrogens with zero attached hydrogens (tertiary/aromatic N) is 3. The van der Waals surface area contributed by atoms with Crippen LogP contribution in [0.25, 0.3) is 0 Å². The predicted octanol–water partition coefficient (Wildman–Crippen LogP) is 4.32. The molecular weight excluding hydrogens is 480 g/mol. The lowest BCUT2D eigenvalue weighted by Crippen LogP contribution is -2.45. The largest absolute Gasteiger partial charge is 0.348 e. The van der Waals surface area contributed by atoms with Crippen LogP contribution < -0.4 is 5.32 Å². The Labute approximate surface area is 204 Å². The molecule has 1 spiro atoms. The van der Waals surface area contributed by atoms with E-state index in [4.69, 9.17) is 0 Å². The number of pyridine rings is 1. The van der Waals surface area contributed by atoms with Gasteiger partial charge in [-0.2, -0.15) is 0 Å². The maximum Gasteiger partial charge on any atom is 0.229 e. The number of carbonyl (C=O) groups is 2. The maximum absolute atomic E-state index is 13.3. The van der Waals surface area contributed by atoms with Crippen LogP contribution in [0.4, 0.5) is 0 Å². The summed E-state index contributed by atoms with van der Waals surface area (Å²) in [5.41, 5.74) is 1.89. The molecule has 2 saturated heterocycles. The van der Waals surface area contributed by atoms with Gasteiger partial charge in [0, 0.05) is 36.7 Å². The number of hydrogen-bond donors (Lipinski definition) is 1. The first-order valence-corrected chi connectivity index (χ1v) is 12.7. The molecule has 1 unspecified atom stereocenters. The van der Waals surface area contributed by atoms with Crippen molar-refractivity contribution < 1.29 is 9.59 Å². The molecular formula is C26H33BrN4O2. The Bertz CT molecular complexity index is 943. The lowest BCUT2D eigenvalue weighted by molar-refractivity contribution is -0.139. The van der Waals surface area contributed by atoms with E-state index in [1.54, 1.807) is 6.20 Å². The van der Waals surface area contributed by atoms with E-state index in [1.165, 1.54) is 5.56 Å². The van der Waals surface area contributed by atoms with Gasteiger partial charge in [0.25, 0.3) is 0 Å². The van der Waals surface area contributed by atoms with Crippen LogP contribution in [0.15, 0.2) is 53.1 Å². The van der Waals surface area contributed by atoms with Crippen molar-refractivity contribution >= 4 is 27.7 Å². The molecule has 0 bridgehead atoms. The van der Waals surface area contributed by atoms with E-state index in [2.05, 4.69) is 43.3 Å². The van der Waals surface area contributed by atoms with Gasteiger partial charge in [-0.05, 0) is 68.6 Å². The van der Waals surface area contributed by atoms with Gasteiger partial charge >= 0.3 is 0 Å². The number of amides is 2. The lowest BCUT2D eigenvalue weighted by atomic mass is 9.77. The third-order valence-corrected chi connectivity index (χ3v) is 7.66. The third kappa shape index (κ3) is 5.82. The first-order chi connectivity index (χ1) is 16.0. The second-order valence-corrected chi connectivity index (χ2v) is 10.2. The smallest absolute Gasteiger partial charge is 0.229 e. The van der Waals surface area contributed by atoms with Crippen LogP contribution >= 0.6 is 15.9 Å². The fraction of sp³-hybridized carbons (Fsp3) is 0.500. The van der Waals surface area contributed by atoms with Gasteiger partial charge < -0.3 is 15.1 Å². The minimum atomic E-state index is -0.192. The molecule has 2 fully saturated rings. The second-order valence-electron chi connectivity index (χ2n) is 9.24. The van der Waals surface area contributed by atoms with E-state index in [0.717, 1.165) is 62.0 Å². The molecule has 33 heavy (non-hydrogen) atoms. The van der Waals surface area contributed by atoms with Crippen LogP contribution in [0, 0.1) is 5.41 Å². The number of likely N-dealkylation sites (tertiary alicyclic amines) is 2. The van der Waals surface area contributed by atoms with Crippen LogP contribution in [0.2, 0.25) is 0 Å². The first kappa shape index (κ1) is 23.9. The summed E-state index contributed by atoms with van der Waals surface area (Å²) in [6.45, 7) is 6.15. The van der Waals surface area contributed by atoms with Crippen LogP contribution in [0.5, 0.6) is 0 Å². The summed E-state index contributed by atoms with van der Waals surface area (Å²) < 4.78 is 1.06. The molecule has 6 nitrogen and oxygen atoms in total. The molecule has 7 heteroatoms. The average molecular weight is 513 g/mol. The van der Waals surface area contributed by atoms with Gasteiger partial charge in [0.1, 0.15) is 0 Å². The van der Waals surface area contributed by atoms with Crippen molar-refractivity contribution in [3.8, 4) is 0 Å². The van der Waals surface area contributed by atoms with Gasteiger partial charge in [-0.1, -0.05) is 41.1 Å². The highest BCUT2D eigenvalue weighted by atomic mass is 79.9. The van der Waals surface area contributed by atoms with Crippen molar-refractivity contribution in [3.63, 3.8) is 0 Å². The highest BCUT2D eigenvalue weighted by Gasteiger charge is 2.47. The average Bonchev–Trinajstić information content (AvgIpc) is 3.14. The Kier molecular flexibility index (Phi) is 7.81. The Morgan fingerprint density at radius 1 is 1.12 bits per heavy atom. The van der Waals surface area contributed by atoms with Crippen molar-refractivity contribution in [2.45, 2.75) is 51.6 Å². The summed E-state index contributed by atoms with van der Waals surface area (Å²) in [7, 11) is 0. The second kappa shape index (κ2) is 10.8. The zero-order chi connectivity index (χ0) is 23.3. The SMILES string of the molecule is CCC(=O)NC(CCN1CCC2(CC1)CCN(Cc1ccc(Br)cc1)C2=O)c1ccccn1. The van der Waals surface area contributed by atoms with Crippen LogP contribution in [0.3, 0.4) is 0 Å². The summed E-state index contributed by atoms with van der Waals surface area (Å²) in [4.78, 5) is 34.3. The summed E-state index contributed by atoms with van der Waals surface area (Å²) in [5, 5.41) is 3.12. The number of halogens is 1. The number of aromatic nitrogens is 1. The van der Waals surface area contributed by atoms with Gasteiger partial charge in [0.05, 0.1) is 17.2 Å². The van der Waals surface area contributed by atoms with Crippen LogP contribution in [-0.4, -0.2) is 52.8 Å². The highest BCUT2D eigenvalue weighted by Crippen LogP contribution is 2.42. The van der Waals surface area contributed by atoms with Gasteiger partial charge in [-0.25, -0.2) is 0 Å². The molecule has 1 atom stereocenters. The first-order valence-electron chi connectivity index (χ1n) is 12.0. The number of rotatable bonds is 8. The number of benzene rings is 1. The molecule has 2 aliphatic rings. The molecule has 2 aliphatic heterocycles. The van der Waals surface area contributed by atoms with Crippen molar-refractivity contribution in [2.24, 2.45) is 5.41 Å². The van der Waals surface area contributed by atoms with Crippen molar-refractivity contribution in [3.05, 3.63) is 64.4 Å². The van der Waals surface area contributed by atoms with Gasteiger partial charge in [-0.15, -0.1) is 0 Å². The fourth-order valence-corrected chi connectivity index (χ4v) is 5.27. The lowest BCUT2D eigenvalue weighted by Gasteiger charge is -2.38. The summed E-state index contributed by atoms with van der Waals surface area (Å²) in [5.74, 6) is 0.373. The van der Waals surface area contributed by atoms with Crippen LogP contribution in [0.1, 0.15) is 56.3 Å². The minimum Gasteiger partial charge on any atom is -0.348 e. The molecule has 2 amide bonds. The monoisotopic (exact) mass is 512 g/mol. The van der Waals surface area contributed by atoms with E-state index in [9.17, 15) is 9.59 Å². The van der Waals surface area contributed by atoms with Crippen molar-refractivity contribution in [2.75, 3.05) is 26.2 Å². The fourth-order valence-electron chi connectivity index (χ4n) is 5.01. The summed E-state index contributed by atoms with van der Waals surface area (Å²) in [6.07, 6.45) is 5.85. The Morgan fingerprint density at radius 2 is 1.85 bits per heavy atom. The number of carbonyl (C=O) groups excluding carboxylic acids is 2. The third-order valence-electron chi connectivity index (χ3n) is 7.14. The van der Waals surface area contributed by atoms with E-state index >= 15 is 0 Å². The summed E-state index contributed by atoms with van der Waals surface area (Å²) in [6, 6.07) is 14.0. The van der Waals surface area contributed by atoms with E-state index < -0.39 is 0 Å². The molecule has 1 N–H and O–H groups in total. The van der Waals surface area contributed by atoms with Crippen molar-refractivity contribution in [1.82, 2.24) is 20.1 Å². The van der Waals surface area contributed by atoms with E-state index in [0.29, 0.717) is 18.9 Å². The molecule has 4 rings (SSSR count). The zero-order valence-corrected chi connectivity index (χ0v) is 20.9. The standard InChI is InChI=1S/C26H33BrN4O2/c1-2-24(32)29-23(22-5-3-4-14-28-22)10-15-30-16-11-26(12-17-30)13-18-31(25(26)33)19-20-6-8-21(27)9-7-20/h3-9,14,23H,2,10-13,15-19H2,1H3,(H,29,32). The number of hydrogen-bond acceptors (Lipinski definition) is 4. The highest BCUT2D eigenvalue weighted by molar-refractivity contribution is 9.10. The molecule has 0 saturated carbocycles. The Hall–Kier alpha value is -2.25. The van der Waals surface area contributed by atoms with Gasteiger partial charge in [0.15, 0.2) is 0 Å². The zero-order valence-electron chi connectivity index (χ0n) is 19.3. The topological polar surface area (TPSA) is 65.5 Å². The van der Waals surface area contributed by atoms with E-state index in [-0.39, 0.29) is 17.4 Å². The molecule has 1 aromatic carbocycles. The van der Waals surface area contributed by atoms with Gasteiger partial charge in [-0.3, -0.25) is 14.6 Å². The minimum absolute atomic E-state index is 0.0469.